The fourth-order valence-corrected chi connectivity index (χ4v) is 2.25. The van der Waals surface area contributed by atoms with E-state index >= 15 is 0 Å². The van der Waals surface area contributed by atoms with Gasteiger partial charge in [0.2, 0.25) is 11.9 Å². The van der Waals surface area contributed by atoms with E-state index in [2.05, 4.69) is 32.2 Å². The van der Waals surface area contributed by atoms with Crippen molar-refractivity contribution in [2.45, 2.75) is 30.5 Å². The van der Waals surface area contributed by atoms with Gasteiger partial charge in [-0.15, -0.1) is 0 Å². The topological polar surface area (TPSA) is 89.6 Å². The van der Waals surface area contributed by atoms with Crippen LogP contribution in [0.15, 0.2) is 29.4 Å². The van der Waals surface area contributed by atoms with Crippen molar-refractivity contribution in [1.29, 1.82) is 0 Å². The zero-order valence-corrected chi connectivity index (χ0v) is 12.2. The third kappa shape index (κ3) is 4.65. The lowest BCUT2D eigenvalue weighted by atomic mass is 10.3. The standard InChI is InChI=1S/C13H18N6S/c1-2-3-7-16-13-18-10(17-12(14)19-13)9-20-11-6-4-5-8-15-11/h4-6,8H,2-3,7,9H2,1H3,(H3,14,16,17,18,19). The summed E-state index contributed by atoms with van der Waals surface area (Å²) in [7, 11) is 0. The average molecular weight is 290 g/mol. The fraction of sp³-hybridized carbons (Fsp3) is 0.385. The molecule has 0 radical (unpaired) electrons. The summed E-state index contributed by atoms with van der Waals surface area (Å²) in [6.45, 7) is 2.98. The molecule has 0 aliphatic carbocycles. The van der Waals surface area contributed by atoms with Crippen LogP contribution >= 0.6 is 11.8 Å². The van der Waals surface area contributed by atoms with Crippen LogP contribution in [0.25, 0.3) is 0 Å². The number of pyridine rings is 1. The Kier molecular flexibility index (Phi) is 5.55. The number of unbranched alkanes of at least 4 members (excludes halogenated alkanes) is 1. The van der Waals surface area contributed by atoms with Gasteiger partial charge in [-0.1, -0.05) is 31.2 Å². The Bertz CT molecular complexity index is 534. The van der Waals surface area contributed by atoms with Crippen LogP contribution in [-0.4, -0.2) is 26.5 Å². The van der Waals surface area contributed by atoms with Gasteiger partial charge in [0.25, 0.3) is 0 Å². The maximum atomic E-state index is 5.71. The largest absolute Gasteiger partial charge is 0.368 e. The molecule has 0 spiro atoms. The van der Waals surface area contributed by atoms with Gasteiger partial charge in [0.15, 0.2) is 0 Å². The van der Waals surface area contributed by atoms with Crippen molar-refractivity contribution in [3.8, 4) is 0 Å². The van der Waals surface area contributed by atoms with Gasteiger partial charge in [-0.2, -0.15) is 15.0 Å². The van der Waals surface area contributed by atoms with Gasteiger partial charge in [-0.25, -0.2) is 4.98 Å². The molecule has 2 aromatic heterocycles. The van der Waals surface area contributed by atoms with Crippen molar-refractivity contribution in [2.24, 2.45) is 0 Å². The highest BCUT2D eigenvalue weighted by atomic mass is 32.2. The molecule has 0 atom stereocenters. The first-order valence-electron chi connectivity index (χ1n) is 6.56. The first-order chi connectivity index (χ1) is 9.78. The van der Waals surface area contributed by atoms with Crippen LogP contribution in [0.1, 0.15) is 25.6 Å². The van der Waals surface area contributed by atoms with Crippen molar-refractivity contribution >= 4 is 23.7 Å². The van der Waals surface area contributed by atoms with Crippen molar-refractivity contribution < 1.29 is 0 Å². The second kappa shape index (κ2) is 7.64. The molecule has 106 valence electrons. The first kappa shape index (κ1) is 14.5. The minimum Gasteiger partial charge on any atom is -0.368 e. The Morgan fingerprint density at radius 2 is 2.15 bits per heavy atom. The summed E-state index contributed by atoms with van der Waals surface area (Å²) in [5.74, 6) is 2.07. The Labute approximate surface area is 122 Å². The zero-order valence-electron chi connectivity index (χ0n) is 11.4. The predicted molar refractivity (Wildman–Crippen MR) is 81.4 cm³/mol. The normalized spacial score (nSPS) is 10.4. The summed E-state index contributed by atoms with van der Waals surface area (Å²) in [6, 6.07) is 5.80. The van der Waals surface area contributed by atoms with E-state index in [1.807, 2.05) is 18.2 Å². The monoisotopic (exact) mass is 290 g/mol. The van der Waals surface area contributed by atoms with Gasteiger partial charge in [-0.05, 0) is 18.6 Å². The number of thioether (sulfide) groups is 1. The molecule has 0 aromatic carbocycles. The predicted octanol–water partition coefficient (Wildman–Crippen LogP) is 2.35. The Balaban J connectivity index is 1.97. The SMILES string of the molecule is CCCCNc1nc(N)nc(CSc2ccccn2)n1. The van der Waals surface area contributed by atoms with Crippen LogP contribution in [-0.2, 0) is 5.75 Å². The van der Waals surface area contributed by atoms with Crippen molar-refractivity contribution in [3.63, 3.8) is 0 Å². The van der Waals surface area contributed by atoms with Gasteiger partial charge in [0, 0.05) is 12.7 Å². The van der Waals surface area contributed by atoms with Gasteiger partial charge >= 0.3 is 0 Å². The molecule has 0 aliphatic rings. The van der Waals surface area contributed by atoms with E-state index < -0.39 is 0 Å². The van der Waals surface area contributed by atoms with E-state index in [4.69, 9.17) is 5.73 Å². The summed E-state index contributed by atoms with van der Waals surface area (Å²) < 4.78 is 0. The maximum Gasteiger partial charge on any atom is 0.227 e. The molecule has 0 saturated carbocycles. The van der Waals surface area contributed by atoms with Crippen LogP contribution in [0.5, 0.6) is 0 Å². The molecule has 0 bridgehead atoms. The first-order valence-corrected chi connectivity index (χ1v) is 7.54. The number of nitrogen functional groups attached to an aromatic ring is 1. The molecule has 7 heteroatoms. The number of nitrogens with zero attached hydrogens (tertiary/aromatic N) is 4. The Hall–Kier alpha value is -1.89. The minimum absolute atomic E-state index is 0.246. The highest BCUT2D eigenvalue weighted by molar-refractivity contribution is 7.98. The molecule has 3 N–H and O–H groups in total. The van der Waals surface area contributed by atoms with E-state index in [1.165, 1.54) is 0 Å². The molecule has 0 saturated heterocycles. The van der Waals surface area contributed by atoms with Gasteiger partial charge < -0.3 is 11.1 Å². The molecular weight excluding hydrogens is 272 g/mol. The summed E-state index contributed by atoms with van der Waals surface area (Å²) >= 11 is 1.57. The number of hydrogen-bond acceptors (Lipinski definition) is 7. The second-order valence-electron chi connectivity index (χ2n) is 4.17. The third-order valence-corrected chi connectivity index (χ3v) is 3.44. The van der Waals surface area contributed by atoms with Crippen LogP contribution in [0.3, 0.4) is 0 Å². The maximum absolute atomic E-state index is 5.71. The molecule has 0 unspecified atom stereocenters. The average Bonchev–Trinajstić information content (AvgIpc) is 2.46. The lowest BCUT2D eigenvalue weighted by Crippen LogP contribution is -2.10. The molecule has 0 amide bonds. The molecule has 2 heterocycles. The van der Waals surface area contributed by atoms with Crippen LogP contribution in [0, 0.1) is 0 Å². The third-order valence-electron chi connectivity index (χ3n) is 2.50. The Morgan fingerprint density at radius 3 is 2.90 bits per heavy atom. The highest BCUT2D eigenvalue weighted by Gasteiger charge is 2.05. The molecule has 0 fully saturated rings. The van der Waals surface area contributed by atoms with E-state index in [-0.39, 0.29) is 5.95 Å². The van der Waals surface area contributed by atoms with Gasteiger partial charge in [-0.3, -0.25) is 0 Å². The number of aromatic nitrogens is 4. The quantitative estimate of drug-likeness (QED) is 0.597. The number of nitrogens with one attached hydrogen (secondary N) is 1. The minimum atomic E-state index is 0.246. The molecular formula is C13H18N6S. The number of rotatable bonds is 7. The van der Waals surface area contributed by atoms with E-state index in [1.54, 1.807) is 18.0 Å². The summed E-state index contributed by atoms with van der Waals surface area (Å²) in [5.41, 5.74) is 5.71. The van der Waals surface area contributed by atoms with Gasteiger partial charge in [0.05, 0.1) is 10.8 Å². The number of anilines is 2. The number of hydrogen-bond donors (Lipinski definition) is 2. The molecule has 6 nitrogen and oxygen atoms in total. The molecule has 0 aliphatic heterocycles. The smallest absolute Gasteiger partial charge is 0.227 e. The van der Waals surface area contributed by atoms with E-state index in [0.29, 0.717) is 17.5 Å². The second-order valence-corrected chi connectivity index (χ2v) is 5.17. The number of nitrogens with two attached hydrogens (primary N) is 1. The fourth-order valence-electron chi connectivity index (χ4n) is 1.53. The van der Waals surface area contributed by atoms with Gasteiger partial charge in [0.1, 0.15) is 5.82 Å². The highest BCUT2D eigenvalue weighted by Crippen LogP contribution is 2.18. The summed E-state index contributed by atoms with van der Waals surface area (Å²) in [6.07, 6.45) is 3.96. The summed E-state index contributed by atoms with van der Waals surface area (Å²) in [4.78, 5) is 16.8. The molecule has 2 rings (SSSR count). The van der Waals surface area contributed by atoms with E-state index in [9.17, 15) is 0 Å². The van der Waals surface area contributed by atoms with E-state index in [0.717, 1.165) is 24.4 Å². The lowest BCUT2D eigenvalue weighted by molar-refractivity contribution is 0.821. The Morgan fingerprint density at radius 1 is 1.25 bits per heavy atom. The molecule has 20 heavy (non-hydrogen) atoms. The van der Waals surface area contributed by atoms with Crippen molar-refractivity contribution in [2.75, 3.05) is 17.6 Å². The van der Waals surface area contributed by atoms with Crippen molar-refractivity contribution in [1.82, 2.24) is 19.9 Å². The molecule has 2 aromatic rings. The lowest BCUT2D eigenvalue weighted by Gasteiger charge is -2.06. The van der Waals surface area contributed by atoms with Crippen LogP contribution in [0.2, 0.25) is 0 Å². The van der Waals surface area contributed by atoms with Crippen molar-refractivity contribution in [3.05, 3.63) is 30.2 Å². The van der Waals surface area contributed by atoms with Crippen LogP contribution in [0.4, 0.5) is 11.9 Å². The van der Waals surface area contributed by atoms with Crippen LogP contribution < -0.4 is 11.1 Å². The summed E-state index contributed by atoms with van der Waals surface area (Å²) in [5, 5.41) is 4.09. The zero-order chi connectivity index (χ0) is 14.2.